The van der Waals surface area contributed by atoms with Crippen LogP contribution in [0.4, 0.5) is 0 Å². The summed E-state index contributed by atoms with van der Waals surface area (Å²) in [6.07, 6.45) is 4.71. The van der Waals surface area contributed by atoms with Gasteiger partial charge in [-0.3, -0.25) is 14.5 Å². The Morgan fingerprint density at radius 3 is 2.29 bits per heavy atom. The Hall–Kier alpha value is -2.34. The van der Waals surface area contributed by atoms with E-state index in [0.717, 1.165) is 61.2 Å². The fourth-order valence-corrected chi connectivity index (χ4v) is 4.43. The lowest BCUT2D eigenvalue weighted by molar-refractivity contribution is -0.132. The number of para-hydroxylation sites is 1. The van der Waals surface area contributed by atoms with Crippen LogP contribution in [0, 0.1) is 6.92 Å². The van der Waals surface area contributed by atoms with Crippen LogP contribution < -0.4 is 0 Å². The first-order valence-electron chi connectivity index (χ1n) is 10.5. The number of benzene rings is 1. The zero-order valence-electron chi connectivity index (χ0n) is 16.7. The Balaban J connectivity index is 1.35. The van der Waals surface area contributed by atoms with Crippen molar-refractivity contribution in [2.45, 2.75) is 32.6 Å². The van der Waals surface area contributed by atoms with Gasteiger partial charge in [-0.2, -0.15) is 0 Å². The molecule has 2 aliphatic heterocycles. The number of amides is 2. The van der Waals surface area contributed by atoms with Gasteiger partial charge in [0.2, 0.25) is 5.91 Å². The molecule has 6 nitrogen and oxygen atoms in total. The summed E-state index contributed by atoms with van der Waals surface area (Å²) in [5.41, 5.74) is 2.71. The summed E-state index contributed by atoms with van der Waals surface area (Å²) in [6, 6.07) is 7.96. The highest BCUT2D eigenvalue weighted by molar-refractivity contribution is 6.08. The molecule has 6 heteroatoms. The quantitative estimate of drug-likeness (QED) is 0.888. The van der Waals surface area contributed by atoms with Gasteiger partial charge in [0.05, 0.1) is 12.1 Å². The Morgan fingerprint density at radius 2 is 1.57 bits per heavy atom. The van der Waals surface area contributed by atoms with E-state index in [-0.39, 0.29) is 11.8 Å². The summed E-state index contributed by atoms with van der Waals surface area (Å²) < 4.78 is 0. The van der Waals surface area contributed by atoms with E-state index in [1.165, 1.54) is 12.8 Å². The van der Waals surface area contributed by atoms with Gasteiger partial charge in [0.1, 0.15) is 0 Å². The number of carbonyl (C=O) groups is 2. The second-order valence-corrected chi connectivity index (χ2v) is 8.03. The highest BCUT2D eigenvalue weighted by Gasteiger charge is 2.27. The fraction of sp³-hybridized carbons (Fsp3) is 0.545. The lowest BCUT2D eigenvalue weighted by Gasteiger charge is -2.35. The van der Waals surface area contributed by atoms with E-state index < -0.39 is 0 Å². The second kappa shape index (κ2) is 8.35. The SMILES string of the molecule is Cc1[nH]c2ccccc2c1C(=O)N1CCN(CC(=O)N2CCCCCC2)CC1. The minimum Gasteiger partial charge on any atom is -0.358 e. The summed E-state index contributed by atoms with van der Waals surface area (Å²) in [4.78, 5) is 35.2. The standard InChI is InChI=1S/C22H30N4O2/c1-17-21(18-8-4-5-9-19(18)23-17)22(28)26-14-12-24(13-15-26)16-20(27)25-10-6-2-3-7-11-25/h4-5,8-9,23H,2-3,6-7,10-16H2,1H3. The molecular formula is C22H30N4O2. The predicted octanol–water partition coefficient (Wildman–Crippen LogP) is 2.64. The highest BCUT2D eigenvalue weighted by Crippen LogP contribution is 2.24. The van der Waals surface area contributed by atoms with E-state index >= 15 is 0 Å². The molecule has 0 radical (unpaired) electrons. The largest absolute Gasteiger partial charge is 0.358 e. The third-order valence-corrected chi connectivity index (χ3v) is 6.08. The van der Waals surface area contributed by atoms with Crippen molar-refractivity contribution in [2.75, 3.05) is 45.8 Å². The van der Waals surface area contributed by atoms with Gasteiger partial charge in [-0.1, -0.05) is 31.0 Å². The number of H-pyrrole nitrogens is 1. The lowest BCUT2D eigenvalue weighted by Crippen LogP contribution is -2.51. The normalized spacial score (nSPS) is 19.0. The maximum absolute atomic E-state index is 13.1. The van der Waals surface area contributed by atoms with Crippen LogP contribution in [0.15, 0.2) is 24.3 Å². The molecule has 2 aliphatic rings. The molecule has 0 saturated carbocycles. The van der Waals surface area contributed by atoms with Gasteiger partial charge in [0, 0.05) is 55.9 Å². The zero-order chi connectivity index (χ0) is 19.5. The van der Waals surface area contributed by atoms with Crippen molar-refractivity contribution in [2.24, 2.45) is 0 Å². The predicted molar refractivity (Wildman–Crippen MR) is 110 cm³/mol. The van der Waals surface area contributed by atoms with Crippen LogP contribution in [-0.2, 0) is 4.79 Å². The second-order valence-electron chi connectivity index (χ2n) is 8.03. The number of piperazine rings is 1. The van der Waals surface area contributed by atoms with E-state index in [1.807, 2.05) is 41.0 Å². The number of carbonyl (C=O) groups excluding carboxylic acids is 2. The molecular weight excluding hydrogens is 352 g/mol. The number of rotatable bonds is 3. The number of fused-ring (bicyclic) bond motifs is 1. The number of likely N-dealkylation sites (tertiary alicyclic amines) is 1. The Bertz CT molecular complexity index is 843. The van der Waals surface area contributed by atoms with Crippen molar-refractivity contribution in [1.29, 1.82) is 0 Å². The van der Waals surface area contributed by atoms with Gasteiger partial charge in [0.15, 0.2) is 0 Å². The number of nitrogens with one attached hydrogen (secondary N) is 1. The van der Waals surface area contributed by atoms with Crippen molar-refractivity contribution >= 4 is 22.7 Å². The molecule has 0 unspecified atom stereocenters. The summed E-state index contributed by atoms with van der Waals surface area (Å²) >= 11 is 0. The third kappa shape index (κ3) is 3.92. The Labute approximate surface area is 166 Å². The first kappa shape index (κ1) is 19.0. The molecule has 2 fully saturated rings. The number of hydrogen-bond donors (Lipinski definition) is 1. The van der Waals surface area contributed by atoms with Crippen LogP contribution in [0.5, 0.6) is 0 Å². The molecule has 1 N–H and O–H groups in total. The maximum Gasteiger partial charge on any atom is 0.256 e. The number of aromatic nitrogens is 1. The van der Waals surface area contributed by atoms with Crippen molar-refractivity contribution in [3.05, 3.63) is 35.5 Å². The van der Waals surface area contributed by atoms with Gasteiger partial charge in [-0.05, 0) is 25.8 Å². The molecule has 4 rings (SSSR count). The van der Waals surface area contributed by atoms with Crippen LogP contribution in [0.3, 0.4) is 0 Å². The number of hydrogen-bond acceptors (Lipinski definition) is 3. The first-order valence-corrected chi connectivity index (χ1v) is 10.5. The average molecular weight is 383 g/mol. The smallest absolute Gasteiger partial charge is 0.256 e. The van der Waals surface area contributed by atoms with Crippen LogP contribution >= 0.6 is 0 Å². The van der Waals surface area contributed by atoms with Crippen molar-refractivity contribution in [3.8, 4) is 0 Å². The van der Waals surface area contributed by atoms with Crippen molar-refractivity contribution < 1.29 is 9.59 Å². The minimum absolute atomic E-state index is 0.0912. The Morgan fingerprint density at radius 1 is 0.893 bits per heavy atom. The topological polar surface area (TPSA) is 59.7 Å². The molecule has 0 bridgehead atoms. The van der Waals surface area contributed by atoms with E-state index in [4.69, 9.17) is 0 Å². The van der Waals surface area contributed by atoms with E-state index in [2.05, 4.69) is 9.88 Å². The van der Waals surface area contributed by atoms with Crippen molar-refractivity contribution in [3.63, 3.8) is 0 Å². The molecule has 0 aliphatic carbocycles. The maximum atomic E-state index is 13.1. The third-order valence-electron chi connectivity index (χ3n) is 6.08. The molecule has 150 valence electrons. The number of nitrogens with zero attached hydrogens (tertiary/aromatic N) is 3. The molecule has 3 heterocycles. The fourth-order valence-electron chi connectivity index (χ4n) is 4.43. The van der Waals surface area contributed by atoms with Crippen LogP contribution in [0.2, 0.25) is 0 Å². The van der Waals surface area contributed by atoms with Gasteiger partial charge in [0.25, 0.3) is 5.91 Å². The van der Waals surface area contributed by atoms with E-state index in [9.17, 15) is 9.59 Å². The monoisotopic (exact) mass is 382 g/mol. The van der Waals surface area contributed by atoms with Gasteiger partial charge >= 0.3 is 0 Å². The summed E-state index contributed by atoms with van der Waals surface area (Å²) in [7, 11) is 0. The van der Waals surface area contributed by atoms with Gasteiger partial charge in [-0.15, -0.1) is 0 Å². The molecule has 2 saturated heterocycles. The zero-order valence-corrected chi connectivity index (χ0v) is 16.7. The molecule has 2 amide bonds. The number of aromatic amines is 1. The molecule has 0 atom stereocenters. The number of aryl methyl sites for hydroxylation is 1. The summed E-state index contributed by atoms with van der Waals surface area (Å²) in [5.74, 6) is 0.336. The summed E-state index contributed by atoms with van der Waals surface area (Å²) in [5, 5.41) is 0.990. The molecule has 0 spiro atoms. The van der Waals surface area contributed by atoms with Gasteiger partial charge < -0.3 is 14.8 Å². The molecule has 28 heavy (non-hydrogen) atoms. The average Bonchev–Trinajstić information content (AvgIpc) is 2.86. The van der Waals surface area contributed by atoms with Crippen molar-refractivity contribution in [1.82, 2.24) is 19.7 Å². The highest BCUT2D eigenvalue weighted by atomic mass is 16.2. The lowest BCUT2D eigenvalue weighted by atomic mass is 10.1. The first-order chi connectivity index (χ1) is 13.6. The summed E-state index contributed by atoms with van der Waals surface area (Å²) in [6.45, 7) is 7.10. The van der Waals surface area contributed by atoms with E-state index in [0.29, 0.717) is 19.6 Å². The molecule has 2 aromatic rings. The van der Waals surface area contributed by atoms with E-state index in [1.54, 1.807) is 0 Å². The van der Waals surface area contributed by atoms with Crippen LogP contribution in [-0.4, -0.2) is 77.3 Å². The van der Waals surface area contributed by atoms with Gasteiger partial charge in [-0.25, -0.2) is 0 Å². The molecule has 1 aromatic carbocycles. The van der Waals surface area contributed by atoms with Crippen LogP contribution in [0.25, 0.3) is 10.9 Å². The molecule has 1 aromatic heterocycles. The van der Waals surface area contributed by atoms with Crippen LogP contribution in [0.1, 0.15) is 41.7 Å². The Kier molecular flexibility index (Phi) is 5.67. The minimum atomic E-state index is 0.0912.